The van der Waals surface area contributed by atoms with Gasteiger partial charge in [-0.15, -0.1) is 0 Å². The highest BCUT2D eigenvalue weighted by Crippen LogP contribution is 2.25. The number of anilines is 2. The van der Waals surface area contributed by atoms with E-state index in [1.165, 1.54) is 12.1 Å². The Hall–Kier alpha value is -1.76. The molecule has 0 radical (unpaired) electrons. The Morgan fingerprint density at radius 2 is 2.05 bits per heavy atom. The predicted octanol–water partition coefficient (Wildman–Crippen LogP) is 0.245. The lowest BCUT2D eigenvalue weighted by molar-refractivity contribution is -0.120. The molecule has 0 aliphatic heterocycles. The van der Waals surface area contributed by atoms with Gasteiger partial charge >= 0.3 is 0 Å². The molecule has 3 N–H and O–H groups in total. The van der Waals surface area contributed by atoms with Crippen LogP contribution < -0.4 is 16.0 Å². The van der Waals surface area contributed by atoms with Gasteiger partial charge in [-0.1, -0.05) is 0 Å². The van der Waals surface area contributed by atoms with Crippen LogP contribution in [0.5, 0.6) is 0 Å². The Morgan fingerprint density at radius 3 is 2.53 bits per heavy atom. The molecule has 1 aromatic carbocycles. The van der Waals surface area contributed by atoms with Crippen molar-refractivity contribution in [2.24, 2.45) is 0 Å². The zero-order valence-electron chi connectivity index (χ0n) is 11.3. The Labute approximate surface area is 113 Å². The maximum atomic E-state index is 11.4. The van der Waals surface area contributed by atoms with Crippen molar-refractivity contribution in [2.45, 2.75) is 11.3 Å². The van der Waals surface area contributed by atoms with Crippen LogP contribution in [0.1, 0.15) is 6.42 Å². The van der Waals surface area contributed by atoms with Gasteiger partial charge in [0.25, 0.3) is 0 Å². The first kappa shape index (κ1) is 15.3. The molecule has 7 heteroatoms. The summed E-state index contributed by atoms with van der Waals surface area (Å²) in [6.45, 7) is 0.502. The molecule has 0 saturated heterocycles. The minimum absolute atomic E-state index is 0.0572. The number of amides is 1. The van der Waals surface area contributed by atoms with E-state index in [1.54, 1.807) is 20.2 Å². The molecule has 0 aliphatic carbocycles. The number of rotatable bonds is 5. The van der Waals surface area contributed by atoms with E-state index < -0.39 is 9.84 Å². The van der Waals surface area contributed by atoms with Crippen molar-refractivity contribution < 1.29 is 13.2 Å². The molecular formula is C12H19N3O3S. The van der Waals surface area contributed by atoms with E-state index in [0.29, 0.717) is 24.3 Å². The van der Waals surface area contributed by atoms with E-state index >= 15 is 0 Å². The molecule has 0 spiro atoms. The predicted molar refractivity (Wildman–Crippen MR) is 75.9 cm³/mol. The maximum Gasteiger partial charge on any atom is 0.221 e. The van der Waals surface area contributed by atoms with Gasteiger partial charge in [0.2, 0.25) is 5.91 Å². The Balaban J connectivity index is 2.88. The second-order valence-electron chi connectivity index (χ2n) is 4.34. The number of hydrogen-bond acceptors (Lipinski definition) is 5. The van der Waals surface area contributed by atoms with Crippen molar-refractivity contribution >= 4 is 27.1 Å². The fraction of sp³-hybridized carbons (Fsp3) is 0.417. The first-order valence-corrected chi connectivity index (χ1v) is 7.66. The quantitative estimate of drug-likeness (QED) is 0.756. The smallest absolute Gasteiger partial charge is 0.221 e. The summed E-state index contributed by atoms with van der Waals surface area (Å²) in [7, 11) is 0.121. The van der Waals surface area contributed by atoms with Crippen molar-refractivity contribution in [1.29, 1.82) is 0 Å². The monoisotopic (exact) mass is 285 g/mol. The van der Waals surface area contributed by atoms with Gasteiger partial charge in [0.15, 0.2) is 9.84 Å². The van der Waals surface area contributed by atoms with E-state index in [-0.39, 0.29) is 10.8 Å². The van der Waals surface area contributed by atoms with Crippen molar-refractivity contribution in [3.8, 4) is 0 Å². The SMILES string of the molecule is CNC(=O)CCN(C)c1ccc(S(C)(=O)=O)cc1N. The highest BCUT2D eigenvalue weighted by molar-refractivity contribution is 7.90. The van der Waals surface area contributed by atoms with Crippen LogP contribution in [0.25, 0.3) is 0 Å². The molecule has 19 heavy (non-hydrogen) atoms. The topological polar surface area (TPSA) is 92.5 Å². The van der Waals surface area contributed by atoms with Gasteiger partial charge in [0, 0.05) is 33.3 Å². The van der Waals surface area contributed by atoms with Crippen LogP contribution in [0.15, 0.2) is 23.1 Å². The van der Waals surface area contributed by atoms with Crippen LogP contribution in [-0.2, 0) is 14.6 Å². The average Bonchev–Trinajstić information content (AvgIpc) is 2.34. The van der Waals surface area contributed by atoms with Crippen LogP contribution >= 0.6 is 0 Å². The number of carbonyl (C=O) groups is 1. The lowest BCUT2D eigenvalue weighted by atomic mass is 10.2. The van der Waals surface area contributed by atoms with E-state index in [0.717, 1.165) is 6.26 Å². The minimum atomic E-state index is -3.26. The molecule has 0 bridgehead atoms. The minimum Gasteiger partial charge on any atom is -0.397 e. The van der Waals surface area contributed by atoms with Gasteiger partial charge in [0.05, 0.1) is 16.3 Å². The molecule has 0 atom stereocenters. The zero-order valence-corrected chi connectivity index (χ0v) is 12.1. The number of hydrogen-bond donors (Lipinski definition) is 2. The van der Waals surface area contributed by atoms with E-state index in [2.05, 4.69) is 5.32 Å². The van der Waals surface area contributed by atoms with Gasteiger partial charge in [-0.2, -0.15) is 0 Å². The molecule has 1 aromatic rings. The molecule has 0 aliphatic rings. The largest absolute Gasteiger partial charge is 0.397 e. The van der Waals surface area contributed by atoms with Crippen LogP contribution in [0.3, 0.4) is 0 Å². The summed E-state index contributed by atoms with van der Waals surface area (Å²) < 4.78 is 22.8. The summed E-state index contributed by atoms with van der Waals surface area (Å²) in [5.41, 5.74) is 6.93. The molecule has 0 saturated carbocycles. The second kappa shape index (κ2) is 5.92. The molecular weight excluding hydrogens is 266 g/mol. The standard InChI is InChI=1S/C12H19N3O3S/c1-14-12(16)6-7-15(2)11-5-4-9(8-10(11)13)19(3,17)18/h4-5,8H,6-7,13H2,1-3H3,(H,14,16). The number of nitrogens with one attached hydrogen (secondary N) is 1. The van der Waals surface area contributed by atoms with Crippen LogP contribution in [0, 0.1) is 0 Å². The third-order valence-electron chi connectivity index (χ3n) is 2.79. The lowest BCUT2D eigenvalue weighted by Crippen LogP contribution is -2.26. The summed E-state index contributed by atoms with van der Waals surface area (Å²) in [6, 6.07) is 4.59. The normalized spacial score (nSPS) is 11.1. The van der Waals surface area contributed by atoms with Crippen LogP contribution in [0.4, 0.5) is 11.4 Å². The number of carbonyl (C=O) groups excluding carboxylic acids is 1. The summed E-state index contributed by atoms with van der Waals surface area (Å²) in [5, 5.41) is 2.54. The summed E-state index contributed by atoms with van der Waals surface area (Å²) in [6.07, 6.45) is 1.48. The maximum absolute atomic E-state index is 11.4. The van der Waals surface area contributed by atoms with Crippen molar-refractivity contribution in [3.05, 3.63) is 18.2 Å². The first-order chi connectivity index (χ1) is 8.75. The molecule has 0 unspecified atom stereocenters. The molecule has 0 heterocycles. The van der Waals surface area contributed by atoms with Gasteiger partial charge < -0.3 is 16.0 Å². The summed E-state index contributed by atoms with van der Waals surface area (Å²) >= 11 is 0. The van der Waals surface area contributed by atoms with Crippen molar-refractivity contribution in [1.82, 2.24) is 5.32 Å². The fourth-order valence-corrected chi connectivity index (χ4v) is 2.28. The van der Waals surface area contributed by atoms with Crippen LogP contribution in [-0.4, -0.2) is 41.2 Å². The number of nitrogen functional groups attached to an aromatic ring is 1. The summed E-state index contributed by atoms with van der Waals surface area (Å²) in [5.74, 6) is -0.0572. The summed E-state index contributed by atoms with van der Waals surface area (Å²) in [4.78, 5) is 13.2. The average molecular weight is 285 g/mol. The van der Waals surface area contributed by atoms with E-state index in [9.17, 15) is 13.2 Å². The molecule has 1 amide bonds. The molecule has 6 nitrogen and oxygen atoms in total. The molecule has 0 fully saturated rings. The lowest BCUT2D eigenvalue weighted by Gasteiger charge is -2.21. The second-order valence-corrected chi connectivity index (χ2v) is 6.35. The van der Waals surface area contributed by atoms with E-state index in [4.69, 9.17) is 5.73 Å². The zero-order chi connectivity index (χ0) is 14.6. The van der Waals surface area contributed by atoms with Gasteiger partial charge in [-0.3, -0.25) is 4.79 Å². The Morgan fingerprint density at radius 1 is 1.42 bits per heavy atom. The third-order valence-corrected chi connectivity index (χ3v) is 3.90. The van der Waals surface area contributed by atoms with Gasteiger partial charge in [-0.25, -0.2) is 8.42 Å². The van der Waals surface area contributed by atoms with Gasteiger partial charge in [0.1, 0.15) is 0 Å². The van der Waals surface area contributed by atoms with Crippen LogP contribution in [0.2, 0.25) is 0 Å². The molecule has 0 aromatic heterocycles. The fourth-order valence-electron chi connectivity index (χ4n) is 1.63. The Bertz CT molecular complexity index is 570. The number of nitrogens with two attached hydrogens (primary N) is 1. The van der Waals surface area contributed by atoms with E-state index in [1.807, 2.05) is 4.90 Å². The molecule has 106 valence electrons. The Kier molecular flexibility index (Phi) is 4.77. The van der Waals surface area contributed by atoms with Crippen molar-refractivity contribution in [2.75, 3.05) is 37.5 Å². The highest BCUT2D eigenvalue weighted by Gasteiger charge is 2.12. The van der Waals surface area contributed by atoms with Gasteiger partial charge in [-0.05, 0) is 18.2 Å². The highest BCUT2D eigenvalue weighted by atomic mass is 32.2. The number of benzene rings is 1. The number of nitrogens with zero attached hydrogens (tertiary/aromatic N) is 1. The molecule has 1 rings (SSSR count). The number of sulfone groups is 1. The van der Waals surface area contributed by atoms with Crippen molar-refractivity contribution in [3.63, 3.8) is 0 Å². The third kappa shape index (κ3) is 4.13. The first-order valence-electron chi connectivity index (χ1n) is 5.77.